The Morgan fingerprint density at radius 3 is 2.76 bits per heavy atom. The molecule has 1 heterocycles. The fourth-order valence-electron chi connectivity index (χ4n) is 1.62. The summed E-state index contributed by atoms with van der Waals surface area (Å²) < 4.78 is 10.5. The second kappa shape index (κ2) is 6.95. The zero-order valence-electron chi connectivity index (χ0n) is 11.7. The summed E-state index contributed by atoms with van der Waals surface area (Å²) in [7, 11) is 1.53. The molecule has 5 nitrogen and oxygen atoms in total. The van der Waals surface area contributed by atoms with E-state index < -0.39 is 6.10 Å². The van der Waals surface area contributed by atoms with Crippen molar-refractivity contribution in [3.05, 3.63) is 47.6 Å². The molecule has 0 fully saturated rings. The summed E-state index contributed by atoms with van der Waals surface area (Å²) in [6.45, 7) is 1.66. The van der Waals surface area contributed by atoms with Crippen LogP contribution in [0.1, 0.15) is 6.92 Å². The lowest BCUT2D eigenvalue weighted by Gasteiger charge is -2.14. The van der Waals surface area contributed by atoms with Gasteiger partial charge in [-0.15, -0.1) is 0 Å². The lowest BCUT2D eigenvalue weighted by Crippen LogP contribution is -2.30. The van der Waals surface area contributed by atoms with E-state index in [1.165, 1.54) is 13.3 Å². The smallest absolute Gasteiger partial charge is 0.265 e. The third-order valence-electron chi connectivity index (χ3n) is 2.69. The maximum Gasteiger partial charge on any atom is 0.265 e. The molecular formula is C15H15ClN2O3. The molecule has 1 N–H and O–H groups in total. The Labute approximate surface area is 127 Å². The normalized spacial score (nSPS) is 11.6. The van der Waals surface area contributed by atoms with Gasteiger partial charge in [-0.3, -0.25) is 4.79 Å². The SMILES string of the molecule is COc1ccc(NC(=O)[C@@H](C)Oc2cccc(Cl)c2)cn1. The number of pyridine rings is 1. The molecule has 0 aliphatic rings. The first kappa shape index (κ1) is 15.1. The van der Waals surface area contributed by atoms with E-state index in [2.05, 4.69) is 10.3 Å². The molecule has 0 aliphatic carbocycles. The maximum absolute atomic E-state index is 12.0. The molecule has 1 aromatic heterocycles. The molecule has 1 amide bonds. The van der Waals surface area contributed by atoms with E-state index in [0.717, 1.165) is 0 Å². The van der Waals surface area contributed by atoms with E-state index in [4.69, 9.17) is 21.1 Å². The Morgan fingerprint density at radius 2 is 2.14 bits per heavy atom. The summed E-state index contributed by atoms with van der Waals surface area (Å²) in [4.78, 5) is 16.0. The third-order valence-corrected chi connectivity index (χ3v) is 2.93. The number of nitrogens with zero attached hydrogens (tertiary/aromatic N) is 1. The Morgan fingerprint density at radius 1 is 1.33 bits per heavy atom. The maximum atomic E-state index is 12.0. The summed E-state index contributed by atoms with van der Waals surface area (Å²) in [6, 6.07) is 10.3. The van der Waals surface area contributed by atoms with Gasteiger partial charge < -0.3 is 14.8 Å². The molecule has 110 valence electrons. The summed E-state index contributed by atoms with van der Waals surface area (Å²) >= 11 is 5.87. The molecule has 0 bridgehead atoms. The van der Waals surface area contributed by atoms with Crippen molar-refractivity contribution >= 4 is 23.2 Å². The van der Waals surface area contributed by atoms with Crippen LogP contribution in [-0.2, 0) is 4.79 Å². The fraction of sp³-hybridized carbons (Fsp3) is 0.200. The largest absolute Gasteiger partial charge is 0.481 e. The number of halogens is 1. The van der Waals surface area contributed by atoms with Gasteiger partial charge in [0.05, 0.1) is 19.0 Å². The number of aromatic nitrogens is 1. The van der Waals surface area contributed by atoms with Crippen molar-refractivity contribution < 1.29 is 14.3 Å². The van der Waals surface area contributed by atoms with Crippen LogP contribution in [0.3, 0.4) is 0 Å². The average Bonchev–Trinajstić information content (AvgIpc) is 2.48. The second-order valence-corrected chi connectivity index (χ2v) is 4.73. The molecule has 21 heavy (non-hydrogen) atoms. The number of benzene rings is 1. The first-order valence-corrected chi connectivity index (χ1v) is 6.69. The Balaban J connectivity index is 1.95. The average molecular weight is 307 g/mol. The zero-order valence-corrected chi connectivity index (χ0v) is 12.4. The molecule has 6 heteroatoms. The number of carbonyl (C=O) groups is 1. The van der Waals surface area contributed by atoms with E-state index in [-0.39, 0.29) is 5.91 Å². The molecule has 0 radical (unpaired) electrons. The minimum Gasteiger partial charge on any atom is -0.481 e. The first-order valence-electron chi connectivity index (χ1n) is 6.31. The van der Waals surface area contributed by atoms with Crippen LogP contribution in [0.4, 0.5) is 5.69 Å². The molecule has 0 saturated heterocycles. The van der Waals surface area contributed by atoms with Gasteiger partial charge in [0.25, 0.3) is 5.91 Å². The molecule has 0 aliphatic heterocycles. The van der Waals surface area contributed by atoms with E-state index in [9.17, 15) is 4.79 Å². The van der Waals surface area contributed by atoms with E-state index in [1.54, 1.807) is 43.3 Å². The van der Waals surface area contributed by atoms with Gasteiger partial charge in [-0.1, -0.05) is 17.7 Å². The number of nitrogens with one attached hydrogen (secondary N) is 1. The van der Waals surface area contributed by atoms with Gasteiger partial charge in [0.1, 0.15) is 5.75 Å². The highest BCUT2D eigenvalue weighted by molar-refractivity contribution is 6.30. The molecular weight excluding hydrogens is 292 g/mol. The zero-order chi connectivity index (χ0) is 15.2. The van der Waals surface area contributed by atoms with Crippen LogP contribution in [0, 0.1) is 0 Å². The van der Waals surface area contributed by atoms with Crippen molar-refractivity contribution in [2.45, 2.75) is 13.0 Å². The van der Waals surface area contributed by atoms with Crippen molar-refractivity contribution in [3.8, 4) is 11.6 Å². The second-order valence-electron chi connectivity index (χ2n) is 4.30. The summed E-state index contributed by atoms with van der Waals surface area (Å²) in [5, 5.41) is 3.27. The predicted molar refractivity (Wildman–Crippen MR) is 81.0 cm³/mol. The van der Waals surface area contributed by atoms with Gasteiger partial charge >= 0.3 is 0 Å². The highest BCUT2D eigenvalue weighted by Crippen LogP contribution is 2.19. The van der Waals surface area contributed by atoms with E-state index in [1.807, 2.05) is 0 Å². The Kier molecular flexibility index (Phi) is 5.00. The number of amides is 1. The van der Waals surface area contributed by atoms with Crippen molar-refractivity contribution in [2.24, 2.45) is 0 Å². The van der Waals surface area contributed by atoms with E-state index >= 15 is 0 Å². The molecule has 2 aromatic rings. The number of methoxy groups -OCH3 is 1. The topological polar surface area (TPSA) is 60.5 Å². The van der Waals surface area contributed by atoms with Gasteiger partial charge in [-0.25, -0.2) is 4.98 Å². The standard InChI is InChI=1S/C15H15ClN2O3/c1-10(21-13-5-3-4-11(16)8-13)15(19)18-12-6-7-14(20-2)17-9-12/h3-10H,1-2H3,(H,18,19)/t10-/m1/s1. The molecule has 1 aromatic carbocycles. The number of hydrogen-bond acceptors (Lipinski definition) is 4. The summed E-state index contributed by atoms with van der Waals surface area (Å²) in [6.07, 6.45) is 0.855. The van der Waals surface area contributed by atoms with Gasteiger partial charge in [-0.2, -0.15) is 0 Å². The highest BCUT2D eigenvalue weighted by Gasteiger charge is 2.15. The minimum absolute atomic E-state index is 0.276. The number of hydrogen-bond donors (Lipinski definition) is 1. The molecule has 0 unspecified atom stereocenters. The van der Waals surface area contributed by atoms with Crippen LogP contribution in [0.5, 0.6) is 11.6 Å². The first-order chi connectivity index (χ1) is 10.1. The van der Waals surface area contributed by atoms with Gasteiger partial charge in [0, 0.05) is 11.1 Å². The summed E-state index contributed by atoms with van der Waals surface area (Å²) in [5.74, 6) is 0.746. The van der Waals surface area contributed by atoms with Crippen LogP contribution in [-0.4, -0.2) is 24.1 Å². The lowest BCUT2D eigenvalue weighted by atomic mass is 10.3. The van der Waals surface area contributed by atoms with Crippen LogP contribution >= 0.6 is 11.6 Å². The van der Waals surface area contributed by atoms with Crippen molar-refractivity contribution in [2.75, 3.05) is 12.4 Å². The molecule has 0 saturated carbocycles. The van der Waals surface area contributed by atoms with Crippen LogP contribution in [0.2, 0.25) is 5.02 Å². The van der Waals surface area contributed by atoms with Crippen LogP contribution in [0.25, 0.3) is 0 Å². The third kappa shape index (κ3) is 4.36. The molecule has 2 rings (SSSR count). The minimum atomic E-state index is -0.662. The quantitative estimate of drug-likeness (QED) is 0.922. The molecule has 0 spiro atoms. The number of rotatable bonds is 5. The van der Waals surface area contributed by atoms with Gasteiger partial charge in [0.15, 0.2) is 6.10 Å². The highest BCUT2D eigenvalue weighted by atomic mass is 35.5. The number of carbonyl (C=O) groups excluding carboxylic acids is 1. The molecule has 1 atom stereocenters. The monoisotopic (exact) mass is 306 g/mol. The van der Waals surface area contributed by atoms with Crippen LogP contribution < -0.4 is 14.8 Å². The van der Waals surface area contributed by atoms with Crippen LogP contribution in [0.15, 0.2) is 42.6 Å². The Bertz CT molecular complexity index is 617. The van der Waals surface area contributed by atoms with Crippen molar-refractivity contribution in [1.82, 2.24) is 4.98 Å². The number of ether oxygens (including phenoxy) is 2. The number of anilines is 1. The summed E-state index contributed by atoms with van der Waals surface area (Å²) in [5.41, 5.74) is 0.572. The van der Waals surface area contributed by atoms with Gasteiger partial charge in [0.2, 0.25) is 5.88 Å². The van der Waals surface area contributed by atoms with Crippen molar-refractivity contribution in [3.63, 3.8) is 0 Å². The van der Waals surface area contributed by atoms with E-state index in [0.29, 0.717) is 22.3 Å². The van der Waals surface area contributed by atoms with Gasteiger partial charge in [-0.05, 0) is 31.2 Å². The van der Waals surface area contributed by atoms with Crippen molar-refractivity contribution in [1.29, 1.82) is 0 Å². The Hall–Kier alpha value is -2.27. The fourth-order valence-corrected chi connectivity index (χ4v) is 1.80. The predicted octanol–water partition coefficient (Wildman–Crippen LogP) is 3.15. The lowest BCUT2D eigenvalue weighted by molar-refractivity contribution is -0.122.